The number of alkyl halides is 1. The van der Waals surface area contributed by atoms with E-state index in [4.69, 9.17) is 0 Å². The SMILES string of the molecule is [CH2]C(CF)c1cc([N+](=O)[O-])ccc1Br. The molecule has 0 spiro atoms. The highest BCUT2D eigenvalue weighted by Crippen LogP contribution is 2.28. The van der Waals surface area contributed by atoms with Gasteiger partial charge in [0.15, 0.2) is 0 Å². The molecule has 0 aliphatic carbocycles. The van der Waals surface area contributed by atoms with Crippen LogP contribution < -0.4 is 0 Å². The molecule has 0 saturated heterocycles. The fourth-order valence-electron chi connectivity index (χ4n) is 1.04. The summed E-state index contributed by atoms with van der Waals surface area (Å²) in [4.78, 5) is 9.94. The molecule has 0 bridgehead atoms. The van der Waals surface area contributed by atoms with E-state index in [9.17, 15) is 14.5 Å². The normalized spacial score (nSPS) is 12.5. The summed E-state index contributed by atoms with van der Waals surface area (Å²) in [5.41, 5.74) is 0.465. The molecule has 3 nitrogen and oxygen atoms in total. The zero-order valence-electron chi connectivity index (χ0n) is 7.24. The van der Waals surface area contributed by atoms with Crippen molar-refractivity contribution in [1.29, 1.82) is 0 Å². The van der Waals surface area contributed by atoms with E-state index < -0.39 is 17.5 Å². The van der Waals surface area contributed by atoms with Crippen LogP contribution in [0.4, 0.5) is 10.1 Å². The summed E-state index contributed by atoms with van der Waals surface area (Å²) >= 11 is 3.19. The summed E-state index contributed by atoms with van der Waals surface area (Å²) in [5, 5.41) is 10.5. The topological polar surface area (TPSA) is 43.1 Å². The Hall–Kier alpha value is -0.970. The van der Waals surface area contributed by atoms with Gasteiger partial charge in [-0.25, -0.2) is 0 Å². The number of hydrogen-bond donors (Lipinski definition) is 0. The highest BCUT2D eigenvalue weighted by atomic mass is 79.9. The lowest BCUT2D eigenvalue weighted by atomic mass is 10.0. The molecular formula is C9H8BrFNO2. The van der Waals surface area contributed by atoms with Crippen LogP contribution in [-0.4, -0.2) is 11.6 Å². The van der Waals surface area contributed by atoms with Crippen LogP contribution in [0.2, 0.25) is 0 Å². The highest BCUT2D eigenvalue weighted by Gasteiger charge is 2.14. The molecule has 5 heteroatoms. The molecule has 0 amide bonds. The first-order valence-corrected chi connectivity index (χ1v) is 4.68. The average Bonchev–Trinajstić information content (AvgIpc) is 2.17. The van der Waals surface area contributed by atoms with Gasteiger partial charge < -0.3 is 0 Å². The third kappa shape index (κ3) is 2.29. The van der Waals surface area contributed by atoms with Crippen molar-refractivity contribution in [3.8, 4) is 0 Å². The molecule has 0 N–H and O–H groups in total. The largest absolute Gasteiger partial charge is 0.269 e. The number of halogens is 2. The van der Waals surface area contributed by atoms with Gasteiger partial charge in [0.1, 0.15) is 0 Å². The Kier molecular flexibility index (Phi) is 3.57. The van der Waals surface area contributed by atoms with Crippen LogP contribution in [0.3, 0.4) is 0 Å². The van der Waals surface area contributed by atoms with E-state index in [1.165, 1.54) is 18.2 Å². The van der Waals surface area contributed by atoms with Gasteiger partial charge in [-0.1, -0.05) is 15.9 Å². The highest BCUT2D eigenvalue weighted by molar-refractivity contribution is 9.10. The number of rotatable bonds is 3. The summed E-state index contributed by atoms with van der Waals surface area (Å²) in [5.74, 6) is -0.579. The summed E-state index contributed by atoms with van der Waals surface area (Å²) in [7, 11) is 0. The Morgan fingerprint density at radius 1 is 1.64 bits per heavy atom. The zero-order chi connectivity index (χ0) is 10.7. The van der Waals surface area contributed by atoms with Crippen LogP contribution in [0.1, 0.15) is 11.5 Å². The average molecular weight is 261 g/mol. The first kappa shape index (κ1) is 11.1. The maximum Gasteiger partial charge on any atom is 0.269 e. The Bertz CT molecular complexity index is 357. The van der Waals surface area contributed by atoms with Crippen molar-refractivity contribution in [2.45, 2.75) is 5.92 Å². The molecule has 1 rings (SSSR count). The van der Waals surface area contributed by atoms with Gasteiger partial charge in [-0.15, -0.1) is 0 Å². The van der Waals surface area contributed by atoms with Crippen molar-refractivity contribution in [3.63, 3.8) is 0 Å². The van der Waals surface area contributed by atoms with Crippen LogP contribution in [0.5, 0.6) is 0 Å². The van der Waals surface area contributed by atoms with Crippen molar-refractivity contribution < 1.29 is 9.31 Å². The van der Waals surface area contributed by atoms with E-state index in [1.54, 1.807) is 0 Å². The molecule has 0 fully saturated rings. The zero-order valence-corrected chi connectivity index (χ0v) is 8.83. The molecule has 0 aliphatic heterocycles. The monoisotopic (exact) mass is 260 g/mol. The first-order valence-electron chi connectivity index (χ1n) is 3.89. The van der Waals surface area contributed by atoms with E-state index in [0.29, 0.717) is 10.0 Å². The summed E-state index contributed by atoms with van der Waals surface area (Å²) in [6.45, 7) is 2.92. The second-order valence-electron chi connectivity index (χ2n) is 2.81. The fourth-order valence-corrected chi connectivity index (χ4v) is 1.61. The fraction of sp³-hybridized carbons (Fsp3) is 0.222. The van der Waals surface area contributed by atoms with Gasteiger partial charge >= 0.3 is 0 Å². The minimum absolute atomic E-state index is 0.0506. The van der Waals surface area contributed by atoms with Crippen molar-refractivity contribution in [2.24, 2.45) is 0 Å². The van der Waals surface area contributed by atoms with Gasteiger partial charge in [0.25, 0.3) is 5.69 Å². The van der Waals surface area contributed by atoms with E-state index in [2.05, 4.69) is 22.9 Å². The second kappa shape index (κ2) is 4.50. The Balaban J connectivity index is 3.14. The van der Waals surface area contributed by atoms with Gasteiger partial charge in [-0.2, -0.15) is 0 Å². The van der Waals surface area contributed by atoms with Crippen molar-refractivity contribution in [1.82, 2.24) is 0 Å². The number of nitrogens with zero attached hydrogens (tertiary/aromatic N) is 1. The number of hydrogen-bond acceptors (Lipinski definition) is 2. The Labute approximate surface area is 89.2 Å². The lowest BCUT2D eigenvalue weighted by molar-refractivity contribution is -0.384. The number of non-ortho nitro benzene ring substituents is 1. The van der Waals surface area contributed by atoms with Crippen LogP contribution in [-0.2, 0) is 0 Å². The molecule has 0 aromatic heterocycles. The summed E-state index contributed by atoms with van der Waals surface area (Å²) in [6, 6.07) is 4.22. The molecule has 1 aromatic carbocycles. The third-order valence-electron chi connectivity index (χ3n) is 1.82. The maximum atomic E-state index is 12.3. The minimum Gasteiger partial charge on any atom is -0.258 e. The van der Waals surface area contributed by atoms with E-state index in [-0.39, 0.29) is 5.69 Å². The maximum absolute atomic E-state index is 12.3. The van der Waals surface area contributed by atoms with Crippen LogP contribution in [0.25, 0.3) is 0 Å². The molecule has 0 heterocycles. The van der Waals surface area contributed by atoms with Gasteiger partial charge in [-0.3, -0.25) is 14.5 Å². The van der Waals surface area contributed by atoms with Crippen LogP contribution >= 0.6 is 15.9 Å². The molecule has 0 saturated carbocycles. The molecule has 1 unspecified atom stereocenters. The van der Waals surface area contributed by atoms with E-state index in [1.807, 2.05) is 0 Å². The smallest absolute Gasteiger partial charge is 0.258 e. The van der Waals surface area contributed by atoms with Gasteiger partial charge in [0.05, 0.1) is 11.6 Å². The predicted molar refractivity (Wildman–Crippen MR) is 54.9 cm³/mol. The molecule has 0 aliphatic rings. The lowest BCUT2D eigenvalue weighted by Crippen LogP contribution is -1.98. The number of benzene rings is 1. The van der Waals surface area contributed by atoms with Gasteiger partial charge in [-0.05, 0) is 18.6 Å². The number of nitro groups is 1. The lowest BCUT2D eigenvalue weighted by Gasteiger charge is -2.08. The summed E-state index contributed by atoms with van der Waals surface area (Å²) in [6.07, 6.45) is 0. The third-order valence-corrected chi connectivity index (χ3v) is 2.54. The minimum atomic E-state index is -0.639. The number of nitro benzene ring substituents is 1. The second-order valence-corrected chi connectivity index (χ2v) is 3.67. The quantitative estimate of drug-likeness (QED) is 0.619. The molecule has 1 radical (unpaired) electrons. The van der Waals surface area contributed by atoms with Gasteiger partial charge in [0, 0.05) is 22.5 Å². The summed E-state index contributed by atoms with van der Waals surface area (Å²) < 4.78 is 13.0. The standard InChI is InChI=1S/C9H8BrFNO2/c1-6(5-11)8-4-7(12(13)14)2-3-9(8)10/h2-4,6H,1,5H2. The van der Waals surface area contributed by atoms with Crippen molar-refractivity contribution >= 4 is 21.6 Å². The Morgan fingerprint density at radius 2 is 2.29 bits per heavy atom. The van der Waals surface area contributed by atoms with Gasteiger partial charge in [0.2, 0.25) is 0 Å². The molecule has 75 valence electrons. The molecule has 1 atom stereocenters. The molecular weight excluding hydrogens is 253 g/mol. The van der Waals surface area contributed by atoms with Crippen molar-refractivity contribution in [3.05, 3.63) is 45.3 Å². The van der Waals surface area contributed by atoms with Crippen LogP contribution in [0, 0.1) is 17.0 Å². The van der Waals surface area contributed by atoms with Crippen LogP contribution in [0.15, 0.2) is 22.7 Å². The molecule has 14 heavy (non-hydrogen) atoms. The molecule has 1 aromatic rings. The Morgan fingerprint density at radius 3 is 2.79 bits per heavy atom. The first-order chi connectivity index (χ1) is 6.56. The van der Waals surface area contributed by atoms with E-state index >= 15 is 0 Å². The predicted octanol–water partition coefficient (Wildman–Crippen LogP) is 3.24. The van der Waals surface area contributed by atoms with Crippen molar-refractivity contribution in [2.75, 3.05) is 6.67 Å². The van der Waals surface area contributed by atoms with E-state index in [0.717, 1.165) is 0 Å².